The van der Waals surface area contributed by atoms with Crippen molar-refractivity contribution in [3.05, 3.63) is 59.2 Å². The van der Waals surface area contributed by atoms with Gasteiger partial charge in [0.25, 0.3) is 0 Å². The van der Waals surface area contributed by atoms with Crippen LogP contribution in [0.4, 0.5) is 0 Å². The van der Waals surface area contributed by atoms with Crippen molar-refractivity contribution in [2.45, 2.75) is 44.4 Å². The van der Waals surface area contributed by atoms with Gasteiger partial charge in [-0.2, -0.15) is 0 Å². The largest absolute Gasteiger partial charge is 0.0619 e. The summed E-state index contributed by atoms with van der Waals surface area (Å²) in [4.78, 5) is 0. The van der Waals surface area contributed by atoms with E-state index in [4.69, 9.17) is 0 Å². The van der Waals surface area contributed by atoms with E-state index in [2.05, 4.69) is 42.5 Å². The Morgan fingerprint density at radius 1 is 0.842 bits per heavy atom. The fraction of sp³-hybridized carbons (Fsp3) is 0.368. The Kier molecular flexibility index (Phi) is 2.69. The molecule has 95 valence electrons. The molecule has 0 N–H and O–H groups in total. The second-order valence-corrected chi connectivity index (χ2v) is 5.97. The molecule has 0 nitrogen and oxygen atoms in total. The third kappa shape index (κ3) is 1.90. The quantitative estimate of drug-likeness (QED) is 0.561. The van der Waals surface area contributed by atoms with E-state index in [1.54, 1.807) is 0 Å². The summed E-state index contributed by atoms with van der Waals surface area (Å²) >= 11 is 0. The second kappa shape index (κ2) is 4.52. The van der Waals surface area contributed by atoms with E-state index in [1.165, 1.54) is 59.9 Å². The average molecular weight is 247 g/mol. The number of fused-ring (bicyclic) bond motifs is 3. The topological polar surface area (TPSA) is 0 Å². The van der Waals surface area contributed by atoms with Gasteiger partial charge in [0.1, 0.15) is 0 Å². The molecule has 0 heterocycles. The van der Waals surface area contributed by atoms with E-state index >= 15 is 0 Å². The van der Waals surface area contributed by atoms with E-state index in [1.807, 2.05) is 0 Å². The van der Waals surface area contributed by atoms with E-state index in [9.17, 15) is 0 Å². The lowest BCUT2D eigenvalue weighted by Gasteiger charge is -2.22. The molecule has 0 bridgehead atoms. The standard InChI is InChI=1S/C19H19/c1-2-6-14(7-3-1)15-10-11-19-17(12-15)13-16-8-4-5-9-18(16)19/h4-5,8-11,14H,1-3,6-7,13H2. The summed E-state index contributed by atoms with van der Waals surface area (Å²) in [6.45, 7) is 0. The van der Waals surface area contributed by atoms with E-state index in [0.717, 1.165) is 12.3 Å². The summed E-state index contributed by atoms with van der Waals surface area (Å²) < 4.78 is 0. The molecule has 0 aromatic heterocycles. The third-order valence-corrected chi connectivity index (χ3v) is 4.77. The lowest BCUT2D eigenvalue weighted by Crippen LogP contribution is -2.05. The Balaban J connectivity index is 1.71. The monoisotopic (exact) mass is 247 g/mol. The predicted octanol–water partition coefficient (Wildman–Crippen LogP) is 5.11. The van der Waals surface area contributed by atoms with Crippen LogP contribution in [0, 0.1) is 6.07 Å². The number of benzene rings is 2. The smallest absolute Gasteiger partial charge is 0.000718 e. The Hall–Kier alpha value is -1.56. The summed E-state index contributed by atoms with van der Waals surface area (Å²) in [5.41, 5.74) is 7.18. The van der Waals surface area contributed by atoms with Crippen LogP contribution in [0.3, 0.4) is 0 Å². The van der Waals surface area contributed by atoms with Crippen molar-refractivity contribution in [2.75, 3.05) is 0 Å². The zero-order valence-corrected chi connectivity index (χ0v) is 11.3. The zero-order chi connectivity index (χ0) is 12.7. The lowest BCUT2D eigenvalue weighted by atomic mass is 9.83. The molecule has 2 aromatic rings. The van der Waals surface area contributed by atoms with E-state index in [-0.39, 0.29) is 0 Å². The molecule has 2 aliphatic carbocycles. The first-order valence-electron chi connectivity index (χ1n) is 7.55. The first kappa shape index (κ1) is 11.3. The molecule has 0 spiro atoms. The van der Waals surface area contributed by atoms with Crippen LogP contribution in [0.2, 0.25) is 0 Å². The maximum absolute atomic E-state index is 3.74. The van der Waals surface area contributed by atoms with Crippen molar-refractivity contribution in [1.82, 2.24) is 0 Å². The molecule has 2 aromatic carbocycles. The van der Waals surface area contributed by atoms with Gasteiger partial charge in [-0.3, -0.25) is 0 Å². The first-order chi connectivity index (χ1) is 9.42. The van der Waals surface area contributed by atoms with Gasteiger partial charge in [-0.1, -0.05) is 55.7 Å². The minimum Gasteiger partial charge on any atom is -0.0619 e. The first-order valence-corrected chi connectivity index (χ1v) is 7.55. The molecule has 19 heavy (non-hydrogen) atoms. The van der Waals surface area contributed by atoms with Crippen LogP contribution in [-0.2, 0) is 6.42 Å². The Morgan fingerprint density at radius 2 is 1.68 bits per heavy atom. The zero-order valence-electron chi connectivity index (χ0n) is 11.3. The molecule has 1 fully saturated rings. The summed E-state index contributed by atoms with van der Waals surface area (Å²) in [6.07, 6.45) is 8.02. The van der Waals surface area contributed by atoms with Crippen LogP contribution >= 0.6 is 0 Å². The van der Waals surface area contributed by atoms with Crippen LogP contribution in [0.1, 0.15) is 54.7 Å². The van der Waals surface area contributed by atoms with Gasteiger partial charge in [0, 0.05) is 0 Å². The highest BCUT2D eigenvalue weighted by Gasteiger charge is 2.21. The maximum Gasteiger partial charge on any atom is -0.000718 e. The van der Waals surface area contributed by atoms with Gasteiger partial charge in [0.15, 0.2) is 0 Å². The molecule has 2 aliphatic rings. The van der Waals surface area contributed by atoms with Crippen molar-refractivity contribution in [3.8, 4) is 11.1 Å². The number of rotatable bonds is 1. The summed E-state index contributed by atoms with van der Waals surface area (Å²) in [7, 11) is 0. The fourth-order valence-corrected chi connectivity index (χ4v) is 3.73. The maximum atomic E-state index is 3.74. The van der Waals surface area contributed by atoms with Crippen LogP contribution in [0.15, 0.2) is 36.4 Å². The Labute approximate surface area is 115 Å². The number of hydrogen-bond acceptors (Lipinski definition) is 0. The second-order valence-electron chi connectivity index (χ2n) is 5.97. The van der Waals surface area contributed by atoms with Gasteiger partial charge in [-0.05, 0) is 59.1 Å². The van der Waals surface area contributed by atoms with Gasteiger partial charge >= 0.3 is 0 Å². The van der Waals surface area contributed by atoms with Crippen molar-refractivity contribution >= 4 is 0 Å². The molecule has 1 radical (unpaired) electrons. The van der Waals surface area contributed by atoms with Crippen LogP contribution in [-0.4, -0.2) is 0 Å². The highest BCUT2D eigenvalue weighted by molar-refractivity contribution is 5.76. The number of hydrogen-bond donors (Lipinski definition) is 0. The van der Waals surface area contributed by atoms with Gasteiger partial charge in [0.05, 0.1) is 0 Å². The van der Waals surface area contributed by atoms with Gasteiger partial charge in [-0.15, -0.1) is 0 Å². The van der Waals surface area contributed by atoms with E-state index in [0.29, 0.717) is 0 Å². The van der Waals surface area contributed by atoms with Crippen molar-refractivity contribution in [2.24, 2.45) is 0 Å². The molecular weight excluding hydrogens is 228 g/mol. The Bertz CT molecular complexity index is 603. The SMILES string of the molecule is [c]1c(C2CCCCC2)ccc2c1Cc1ccccc1-2. The average Bonchev–Trinajstić information content (AvgIpc) is 2.86. The van der Waals surface area contributed by atoms with Crippen LogP contribution in [0.5, 0.6) is 0 Å². The molecule has 0 atom stereocenters. The van der Waals surface area contributed by atoms with E-state index < -0.39 is 0 Å². The lowest BCUT2D eigenvalue weighted by molar-refractivity contribution is 0.443. The fourth-order valence-electron chi connectivity index (χ4n) is 3.73. The molecule has 0 heteroatoms. The van der Waals surface area contributed by atoms with Crippen molar-refractivity contribution in [3.63, 3.8) is 0 Å². The summed E-state index contributed by atoms with van der Waals surface area (Å²) in [6, 6.07) is 17.2. The highest BCUT2D eigenvalue weighted by atomic mass is 14.3. The highest BCUT2D eigenvalue weighted by Crippen LogP contribution is 2.39. The molecule has 0 aliphatic heterocycles. The molecular formula is C19H19. The summed E-state index contributed by atoms with van der Waals surface area (Å²) in [5, 5.41) is 0. The summed E-state index contributed by atoms with van der Waals surface area (Å²) in [5.74, 6) is 0.766. The normalized spacial score (nSPS) is 18.1. The van der Waals surface area contributed by atoms with Gasteiger partial charge in [0.2, 0.25) is 0 Å². The minimum absolute atomic E-state index is 0.766. The molecule has 0 amide bonds. The van der Waals surface area contributed by atoms with Crippen molar-refractivity contribution in [1.29, 1.82) is 0 Å². The van der Waals surface area contributed by atoms with Crippen LogP contribution < -0.4 is 0 Å². The third-order valence-electron chi connectivity index (χ3n) is 4.77. The molecule has 4 rings (SSSR count). The minimum atomic E-state index is 0.766. The van der Waals surface area contributed by atoms with Gasteiger partial charge in [-0.25, -0.2) is 0 Å². The van der Waals surface area contributed by atoms with Crippen LogP contribution in [0.25, 0.3) is 11.1 Å². The van der Waals surface area contributed by atoms with Crippen molar-refractivity contribution < 1.29 is 0 Å². The molecule has 0 unspecified atom stereocenters. The predicted molar refractivity (Wildman–Crippen MR) is 79.3 cm³/mol. The molecule has 1 saturated carbocycles. The Morgan fingerprint density at radius 3 is 2.58 bits per heavy atom. The molecule has 0 saturated heterocycles. The van der Waals surface area contributed by atoms with Gasteiger partial charge < -0.3 is 0 Å².